The molecule has 4 rings (SSSR count). The molecule has 2 atom stereocenters. The predicted octanol–water partition coefficient (Wildman–Crippen LogP) is 3.49. The Bertz CT molecular complexity index is 887. The first-order chi connectivity index (χ1) is 12.7. The van der Waals surface area contributed by atoms with Crippen LogP contribution in [0.1, 0.15) is 28.9 Å². The van der Waals surface area contributed by atoms with E-state index in [0.717, 1.165) is 4.88 Å². The molecule has 0 radical (unpaired) electrons. The fraction of sp³-hybridized carbons (Fsp3) is 0.312. The number of thiophene rings is 1. The number of hydrogen-bond donors (Lipinski definition) is 1. The van der Waals surface area contributed by atoms with Crippen molar-refractivity contribution in [3.05, 3.63) is 46.2 Å². The SMILES string of the molecule is COc1cccc(C2CC(c3cccs3)Nc3nnnn32)c1OC(F)F. The number of halogens is 2. The minimum atomic E-state index is -2.96. The van der Waals surface area contributed by atoms with E-state index in [9.17, 15) is 8.78 Å². The van der Waals surface area contributed by atoms with Gasteiger partial charge >= 0.3 is 6.61 Å². The second-order valence-corrected chi connectivity index (χ2v) is 6.65. The normalized spacial score (nSPS) is 19.1. The molecular formula is C16H15F2N5O2S. The van der Waals surface area contributed by atoms with Gasteiger partial charge in [0.05, 0.1) is 19.2 Å². The van der Waals surface area contributed by atoms with Crippen LogP contribution in [0.15, 0.2) is 35.7 Å². The monoisotopic (exact) mass is 379 g/mol. The van der Waals surface area contributed by atoms with Gasteiger partial charge in [-0.3, -0.25) is 0 Å². The number of aromatic nitrogens is 4. The smallest absolute Gasteiger partial charge is 0.387 e. The van der Waals surface area contributed by atoms with Gasteiger partial charge in [-0.25, -0.2) is 4.68 Å². The number of nitrogens with one attached hydrogen (secondary N) is 1. The van der Waals surface area contributed by atoms with Crippen molar-refractivity contribution in [2.45, 2.75) is 25.1 Å². The summed E-state index contributed by atoms with van der Waals surface area (Å²) < 4.78 is 37.5. The lowest BCUT2D eigenvalue weighted by Crippen LogP contribution is -2.28. The number of hydrogen-bond acceptors (Lipinski definition) is 7. The first-order valence-electron chi connectivity index (χ1n) is 7.87. The number of nitrogens with zero attached hydrogens (tertiary/aromatic N) is 4. The molecule has 2 aromatic heterocycles. The molecule has 3 aromatic rings. The number of benzene rings is 1. The number of ether oxygens (including phenoxy) is 2. The highest BCUT2D eigenvalue weighted by Crippen LogP contribution is 2.44. The molecule has 26 heavy (non-hydrogen) atoms. The zero-order valence-electron chi connectivity index (χ0n) is 13.7. The highest BCUT2D eigenvalue weighted by Gasteiger charge is 2.34. The van der Waals surface area contributed by atoms with Crippen LogP contribution in [-0.2, 0) is 0 Å². The lowest BCUT2D eigenvalue weighted by Gasteiger charge is -2.31. The molecule has 3 heterocycles. The summed E-state index contributed by atoms with van der Waals surface area (Å²) in [4.78, 5) is 1.11. The van der Waals surface area contributed by atoms with Crippen LogP contribution in [0.2, 0.25) is 0 Å². The average molecular weight is 379 g/mol. The third-order valence-electron chi connectivity index (χ3n) is 4.23. The van der Waals surface area contributed by atoms with E-state index in [-0.39, 0.29) is 23.6 Å². The van der Waals surface area contributed by atoms with Crippen LogP contribution in [0.3, 0.4) is 0 Å². The van der Waals surface area contributed by atoms with Gasteiger partial charge in [0.25, 0.3) is 0 Å². The molecule has 0 saturated heterocycles. The van der Waals surface area contributed by atoms with Gasteiger partial charge in [-0.05, 0) is 34.4 Å². The van der Waals surface area contributed by atoms with Crippen LogP contribution in [-0.4, -0.2) is 33.9 Å². The first kappa shape index (κ1) is 16.7. The van der Waals surface area contributed by atoms with Crippen LogP contribution in [0.5, 0.6) is 11.5 Å². The standard InChI is InChI=1S/C16H15F2N5O2S/c1-24-12-5-2-4-9(14(12)25-15(17)18)11-8-10(13-6-3-7-26-13)19-16-20-21-22-23(11)16/h2-7,10-11,15H,8H2,1H3,(H,19,20,22). The second kappa shape index (κ2) is 6.87. The van der Waals surface area contributed by atoms with Crippen molar-refractivity contribution in [3.8, 4) is 11.5 Å². The van der Waals surface area contributed by atoms with Crippen molar-refractivity contribution >= 4 is 17.3 Å². The van der Waals surface area contributed by atoms with E-state index >= 15 is 0 Å². The summed E-state index contributed by atoms with van der Waals surface area (Å²) in [6.07, 6.45) is 0.575. The van der Waals surface area contributed by atoms with Crippen molar-refractivity contribution in [2.24, 2.45) is 0 Å². The van der Waals surface area contributed by atoms with Crippen molar-refractivity contribution in [2.75, 3.05) is 12.4 Å². The molecule has 0 saturated carbocycles. The van der Waals surface area contributed by atoms with E-state index in [1.54, 1.807) is 34.2 Å². The Morgan fingerprint density at radius 3 is 2.92 bits per heavy atom. The Labute approximate surface area is 151 Å². The van der Waals surface area contributed by atoms with Crippen molar-refractivity contribution in [1.29, 1.82) is 0 Å². The van der Waals surface area contributed by atoms with E-state index in [4.69, 9.17) is 9.47 Å². The Morgan fingerprint density at radius 1 is 1.31 bits per heavy atom. The maximum Gasteiger partial charge on any atom is 0.387 e. The minimum Gasteiger partial charge on any atom is -0.493 e. The molecule has 7 nitrogen and oxygen atoms in total. The minimum absolute atomic E-state index is 0.00304. The lowest BCUT2D eigenvalue weighted by molar-refractivity contribution is -0.0521. The molecule has 1 aliphatic rings. The van der Waals surface area contributed by atoms with Crippen LogP contribution >= 0.6 is 11.3 Å². The van der Waals surface area contributed by atoms with Crippen LogP contribution in [0.4, 0.5) is 14.7 Å². The van der Waals surface area contributed by atoms with Crippen LogP contribution in [0.25, 0.3) is 0 Å². The highest BCUT2D eigenvalue weighted by molar-refractivity contribution is 7.10. The second-order valence-electron chi connectivity index (χ2n) is 5.67. The average Bonchev–Trinajstić information content (AvgIpc) is 3.32. The molecule has 136 valence electrons. The predicted molar refractivity (Wildman–Crippen MR) is 90.9 cm³/mol. The number of methoxy groups -OCH3 is 1. The van der Waals surface area contributed by atoms with E-state index in [2.05, 4.69) is 20.8 Å². The summed E-state index contributed by atoms with van der Waals surface area (Å²) in [6, 6.07) is 8.61. The Morgan fingerprint density at radius 2 is 2.19 bits per heavy atom. The first-order valence-corrected chi connectivity index (χ1v) is 8.75. The molecule has 0 amide bonds. The quantitative estimate of drug-likeness (QED) is 0.732. The third kappa shape index (κ3) is 2.96. The fourth-order valence-electron chi connectivity index (χ4n) is 3.14. The Kier molecular flexibility index (Phi) is 4.41. The molecule has 1 aromatic carbocycles. The molecule has 0 aliphatic carbocycles. The number of anilines is 1. The molecule has 10 heteroatoms. The number of rotatable bonds is 5. The van der Waals surface area contributed by atoms with Crippen molar-refractivity contribution in [3.63, 3.8) is 0 Å². The van der Waals surface area contributed by atoms with E-state index < -0.39 is 6.61 Å². The van der Waals surface area contributed by atoms with Gasteiger partial charge in [-0.15, -0.1) is 11.3 Å². The summed E-state index contributed by atoms with van der Waals surface area (Å²) in [7, 11) is 1.41. The molecule has 1 N–H and O–H groups in total. The maximum absolute atomic E-state index is 13.0. The molecule has 1 aliphatic heterocycles. The Hall–Kier alpha value is -2.75. The summed E-state index contributed by atoms with van der Waals surface area (Å²) in [6.45, 7) is -2.96. The zero-order chi connectivity index (χ0) is 18.1. The maximum atomic E-state index is 13.0. The van der Waals surface area contributed by atoms with Crippen LogP contribution in [0, 0.1) is 0 Å². The summed E-state index contributed by atoms with van der Waals surface area (Å²) in [5, 5.41) is 17.0. The largest absolute Gasteiger partial charge is 0.493 e. The Balaban J connectivity index is 1.79. The summed E-state index contributed by atoms with van der Waals surface area (Å²) >= 11 is 1.61. The molecule has 0 fully saturated rings. The topological polar surface area (TPSA) is 74.1 Å². The van der Waals surface area contributed by atoms with Gasteiger partial charge in [0, 0.05) is 10.4 Å². The van der Waals surface area contributed by atoms with Crippen molar-refractivity contribution in [1.82, 2.24) is 20.2 Å². The number of tetrazole rings is 1. The molecule has 2 unspecified atom stereocenters. The molecule has 0 bridgehead atoms. The van der Waals surface area contributed by atoms with Gasteiger partial charge in [-0.1, -0.05) is 23.3 Å². The van der Waals surface area contributed by atoms with E-state index in [0.29, 0.717) is 17.9 Å². The number of para-hydroxylation sites is 1. The van der Waals surface area contributed by atoms with Gasteiger partial charge in [-0.2, -0.15) is 8.78 Å². The van der Waals surface area contributed by atoms with Gasteiger partial charge in [0.2, 0.25) is 5.95 Å². The summed E-state index contributed by atoms with van der Waals surface area (Å²) in [5.41, 5.74) is 0.543. The lowest BCUT2D eigenvalue weighted by atomic mass is 9.96. The summed E-state index contributed by atoms with van der Waals surface area (Å²) in [5.74, 6) is 0.720. The molecule has 0 spiro atoms. The zero-order valence-corrected chi connectivity index (χ0v) is 14.5. The highest BCUT2D eigenvalue weighted by atomic mass is 32.1. The van der Waals surface area contributed by atoms with Gasteiger partial charge in [0.15, 0.2) is 11.5 Å². The van der Waals surface area contributed by atoms with Gasteiger partial charge in [0.1, 0.15) is 0 Å². The van der Waals surface area contributed by atoms with Gasteiger partial charge < -0.3 is 14.8 Å². The van der Waals surface area contributed by atoms with Crippen LogP contribution < -0.4 is 14.8 Å². The van der Waals surface area contributed by atoms with Crippen molar-refractivity contribution < 1.29 is 18.3 Å². The number of fused-ring (bicyclic) bond motifs is 1. The fourth-order valence-corrected chi connectivity index (χ4v) is 3.93. The molecular weight excluding hydrogens is 364 g/mol. The third-order valence-corrected chi connectivity index (χ3v) is 5.22. The van der Waals surface area contributed by atoms with E-state index in [1.165, 1.54) is 7.11 Å². The van der Waals surface area contributed by atoms with E-state index in [1.807, 2.05) is 17.5 Å². The number of alkyl halides is 2.